The predicted octanol–water partition coefficient (Wildman–Crippen LogP) is 4.87. The van der Waals surface area contributed by atoms with E-state index in [2.05, 4.69) is 16.4 Å². The van der Waals surface area contributed by atoms with Gasteiger partial charge in [-0.05, 0) is 49.1 Å². The lowest BCUT2D eigenvalue weighted by Gasteiger charge is -2.36. The van der Waals surface area contributed by atoms with Gasteiger partial charge in [-0.15, -0.1) is 0 Å². The molecule has 0 bridgehead atoms. The van der Waals surface area contributed by atoms with Crippen LogP contribution >= 0.6 is 0 Å². The molecule has 0 saturated carbocycles. The number of hydrogen-bond donors (Lipinski definition) is 2. The first kappa shape index (κ1) is 24.6. The zero-order valence-corrected chi connectivity index (χ0v) is 22.2. The number of carbonyl (C=O) groups is 3. The van der Waals surface area contributed by atoms with E-state index in [-0.39, 0.29) is 23.5 Å². The molecule has 3 aliphatic heterocycles. The molecule has 2 fully saturated rings. The second kappa shape index (κ2) is 9.64. The minimum Gasteiger partial charge on any atom is -0.376 e. The average molecular weight is 535 g/mol. The van der Waals surface area contributed by atoms with E-state index in [1.54, 1.807) is 29.2 Å². The van der Waals surface area contributed by atoms with Crippen molar-refractivity contribution in [3.05, 3.63) is 101 Å². The highest BCUT2D eigenvalue weighted by Gasteiger charge is 2.53. The van der Waals surface area contributed by atoms with Gasteiger partial charge in [0.2, 0.25) is 0 Å². The van der Waals surface area contributed by atoms with Gasteiger partial charge < -0.3 is 15.0 Å². The molecule has 3 aromatic carbocycles. The number of anilines is 1. The quantitative estimate of drug-likeness (QED) is 0.357. The SMILES string of the molecule is Cc1ccc(C2c3[nH]c4ccccc4c3C[C@H]3C(=O)N(c4ccccc4C(=O)NCC4CCCO4)C(=O)N23)cc1. The number of H-pyrrole nitrogens is 1. The fourth-order valence-corrected chi connectivity index (χ4v) is 6.36. The molecule has 2 saturated heterocycles. The van der Waals surface area contributed by atoms with Gasteiger partial charge in [-0.25, -0.2) is 9.69 Å². The zero-order valence-electron chi connectivity index (χ0n) is 22.2. The number of hydrogen-bond acceptors (Lipinski definition) is 4. The van der Waals surface area contributed by atoms with Crippen molar-refractivity contribution in [2.75, 3.05) is 18.1 Å². The minimum absolute atomic E-state index is 0.0146. The summed E-state index contributed by atoms with van der Waals surface area (Å²) in [4.78, 5) is 48.0. The number of urea groups is 1. The molecule has 0 spiro atoms. The Morgan fingerprint density at radius 2 is 1.80 bits per heavy atom. The zero-order chi connectivity index (χ0) is 27.4. The van der Waals surface area contributed by atoms with E-state index in [0.717, 1.165) is 46.1 Å². The predicted molar refractivity (Wildman–Crippen MR) is 151 cm³/mol. The van der Waals surface area contributed by atoms with Crippen LogP contribution in [0, 0.1) is 6.92 Å². The average Bonchev–Trinajstić information content (AvgIpc) is 3.69. The number of nitrogens with one attached hydrogen (secondary N) is 2. The third-order valence-corrected chi connectivity index (χ3v) is 8.35. The molecule has 7 rings (SSSR count). The molecular formula is C32H30N4O4. The van der Waals surface area contributed by atoms with Crippen molar-refractivity contribution >= 4 is 34.4 Å². The van der Waals surface area contributed by atoms with Crippen LogP contribution in [0.15, 0.2) is 72.8 Å². The monoisotopic (exact) mass is 534 g/mol. The number of nitrogens with zero attached hydrogens (tertiary/aromatic N) is 2. The van der Waals surface area contributed by atoms with Crippen molar-refractivity contribution in [2.45, 2.75) is 44.4 Å². The van der Waals surface area contributed by atoms with E-state index in [9.17, 15) is 14.4 Å². The number of carbonyl (C=O) groups excluding carboxylic acids is 3. The van der Waals surface area contributed by atoms with Crippen molar-refractivity contribution in [3.8, 4) is 0 Å². The van der Waals surface area contributed by atoms with Gasteiger partial charge in [0.15, 0.2) is 0 Å². The van der Waals surface area contributed by atoms with E-state index >= 15 is 0 Å². The van der Waals surface area contributed by atoms with E-state index in [1.807, 2.05) is 49.4 Å². The fourth-order valence-electron chi connectivity index (χ4n) is 6.36. The van der Waals surface area contributed by atoms with Gasteiger partial charge in [0.05, 0.1) is 17.4 Å². The fraction of sp³-hybridized carbons (Fsp3) is 0.281. The number of rotatable bonds is 5. The molecule has 40 heavy (non-hydrogen) atoms. The van der Waals surface area contributed by atoms with Gasteiger partial charge in [-0.1, -0.05) is 60.2 Å². The Bertz CT molecular complexity index is 1640. The van der Waals surface area contributed by atoms with Crippen molar-refractivity contribution in [1.29, 1.82) is 0 Å². The third kappa shape index (κ3) is 3.90. The summed E-state index contributed by atoms with van der Waals surface area (Å²) < 4.78 is 5.64. The highest BCUT2D eigenvalue weighted by molar-refractivity contribution is 6.24. The Morgan fingerprint density at radius 3 is 2.60 bits per heavy atom. The van der Waals surface area contributed by atoms with Gasteiger partial charge in [0.1, 0.15) is 12.1 Å². The summed E-state index contributed by atoms with van der Waals surface area (Å²) in [6.07, 6.45) is 2.26. The second-order valence-electron chi connectivity index (χ2n) is 10.8. The van der Waals surface area contributed by atoms with Crippen molar-refractivity contribution < 1.29 is 19.1 Å². The van der Waals surface area contributed by atoms with Crippen LogP contribution in [0.4, 0.5) is 10.5 Å². The molecule has 2 N–H and O–H groups in total. The lowest BCUT2D eigenvalue weighted by Crippen LogP contribution is -2.44. The molecule has 8 nitrogen and oxygen atoms in total. The Hall–Kier alpha value is -4.43. The molecule has 3 aliphatic rings. The molecule has 202 valence electrons. The Labute approximate surface area is 231 Å². The number of ether oxygens (including phenoxy) is 1. The lowest BCUT2D eigenvalue weighted by atomic mass is 9.88. The van der Waals surface area contributed by atoms with Gasteiger partial charge in [0, 0.05) is 36.2 Å². The third-order valence-electron chi connectivity index (χ3n) is 8.35. The maximum Gasteiger partial charge on any atom is 0.332 e. The summed E-state index contributed by atoms with van der Waals surface area (Å²) in [5.41, 5.74) is 5.58. The van der Waals surface area contributed by atoms with Crippen LogP contribution in [0.1, 0.15) is 51.6 Å². The molecule has 1 aromatic heterocycles. The summed E-state index contributed by atoms with van der Waals surface area (Å²) in [7, 11) is 0. The Kier molecular flexibility index (Phi) is 5.93. The topological polar surface area (TPSA) is 94.7 Å². The summed E-state index contributed by atoms with van der Waals surface area (Å²) in [6.45, 7) is 3.11. The molecule has 3 atom stereocenters. The number of benzene rings is 3. The smallest absolute Gasteiger partial charge is 0.332 e. The molecule has 0 aliphatic carbocycles. The number of fused-ring (bicyclic) bond motifs is 4. The standard InChI is InChI=1S/C32H30N4O4/c1-19-12-14-20(15-13-19)29-28-24(22-8-2-4-10-25(22)34-28)17-27-31(38)36(32(39)35(27)29)26-11-5-3-9-23(26)30(37)33-18-21-7-6-16-40-21/h2-5,8-15,21,27,29,34H,6-7,16-18H2,1H3,(H,33,37)/t21?,27-,29?/m0/s1. The Balaban J connectivity index is 1.29. The normalized spacial score (nSPS) is 22.1. The maximum absolute atomic E-state index is 14.2. The molecule has 0 radical (unpaired) electrons. The summed E-state index contributed by atoms with van der Waals surface area (Å²) in [5, 5.41) is 3.99. The van der Waals surface area contributed by atoms with Crippen LogP contribution in [0.5, 0.6) is 0 Å². The first-order valence-electron chi connectivity index (χ1n) is 13.8. The van der Waals surface area contributed by atoms with Crippen LogP contribution in [0.25, 0.3) is 10.9 Å². The number of para-hydroxylation sites is 2. The van der Waals surface area contributed by atoms with E-state index in [4.69, 9.17) is 4.74 Å². The minimum atomic E-state index is -0.687. The van der Waals surface area contributed by atoms with E-state index in [1.165, 1.54) is 4.90 Å². The number of aromatic nitrogens is 1. The number of imide groups is 1. The maximum atomic E-state index is 14.2. The van der Waals surface area contributed by atoms with Gasteiger partial charge in [0.25, 0.3) is 11.8 Å². The highest BCUT2D eigenvalue weighted by Crippen LogP contribution is 2.45. The molecule has 4 heterocycles. The molecule has 2 unspecified atom stereocenters. The lowest BCUT2D eigenvalue weighted by molar-refractivity contribution is -0.120. The summed E-state index contributed by atoms with van der Waals surface area (Å²) >= 11 is 0. The van der Waals surface area contributed by atoms with E-state index in [0.29, 0.717) is 25.3 Å². The van der Waals surface area contributed by atoms with Gasteiger partial charge >= 0.3 is 6.03 Å². The van der Waals surface area contributed by atoms with Crippen molar-refractivity contribution in [2.24, 2.45) is 0 Å². The van der Waals surface area contributed by atoms with Crippen molar-refractivity contribution in [3.63, 3.8) is 0 Å². The molecule has 4 amide bonds. The molecular weight excluding hydrogens is 504 g/mol. The van der Waals surface area contributed by atoms with Crippen LogP contribution in [-0.2, 0) is 16.0 Å². The first-order valence-corrected chi connectivity index (χ1v) is 13.8. The largest absolute Gasteiger partial charge is 0.376 e. The summed E-state index contributed by atoms with van der Waals surface area (Å²) in [6, 6.07) is 21.4. The van der Waals surface area contributed by atoms with Crippen LogP contribution in [0.3, 0.4) is 0 Å². The highest BCUT2D eigenvalue weighted by atomic mass is 16.5. The van der Waals surface area contributed by atoms with Crippen LogP contribution < -0.4 is 10.2 Å². The number of aryl methyl sites for hydroxylation is 1. The van der Waals surface area contributed by atoms with Crippen LogP contribution in [-0.4, -0.2) is 53.0 Å². The molecule has 8 heteroatoms. The van der Waals surface area contributed by atoms with Gasteiger partial charge in [-0.3, -0.25) is 14.5 Å². The van der Waals surface area contributed by atoms with Gasteiger partial charge in [-0.2, -0.15) is 0 Å². The summed E-state index contributed by atoms with van der Waals surface area (Å²) in [5.74, 6) is -0.653. The number of amides is 4. The second-order valence-corrected chi connectivity index (χ2v) is 10.8. The van der Waals surface area contributed by atoms with Crippen molar-refractivity contribution in [1.82, 2.24) is 15.2 Å². The molecule has 4 aromatic rings. The number of aromatic amines is 1. The first-order chi connectivity index (χ1) is 19.5. The van der Waals surface area contributed by atoms with E-state index < -0.39 is 18.1 Å². The van der Waals surface area contributed by atoms with Crippen LogP contribution in [0.2, 0.25) is 0 Å². The Morgan fingerprint density at radius 1 is 1.02 bits per heavy atom.